The molecule has 1 heterocycles. The van der Waals surface area contributed by atoms with Crippen LogP contribution in [0.5, 0.6) is 11.5 Å². The van der Waals surface area contributed by atoms with E-state index in [-0.39, 0.29) is 6.04 Å². The summed E-state index contributed by atoms with van der Waals surface area (Å²) in [6.45, 7) is 0. The number of benzene rings is 2. The van der Waals surface area contributed by atoms with Crippen molar-refractivity contribution in [3.8, 4) is 22.8 Å². The zero-order chi connectivity index (χ0) is 18.6. The van der Waals surface area contributed by atoms with E-state index in [4.69, 9.17) is 9.47 Å². The van der Waals surface area contributed by atoms with Crippen LogP contribution in [0.3, 0.4) is 0 Å². The van der Waals surface area contributed by atoms with Crippen molar-refractivity contribution >= 4 is 5.95 Å². The van der Waals surface area contributed by atoms with E-state index >= 15 is 0 Å². The average molecular weight is 362 g/mol. The highest BCUT2D eigenvalue weighted by molar-refractivity contribution is 5.74. The van der Waals surface area contributed by atoms with E-state index in [1.807, 2.05) is 18.2 Å². The molecule has 0 saturated carbocycles. The van der Waals surface area contributed by atoms with Crippen molar-refractivity contribution in [2.75, 3.05) is 19.5 Å². The summed E-state index contributed by atoms with van der Waals surface area (Å²) in [5.74, 6) is 1.87. The molecule has 0 amide bonds. The Bertz CT molecular complexity index is 923. The predicted octanol–water partition coefficient (Wildman–Crippen LogP) is 4.05. The summed E-state index contributed by atoms with van der Waals surface area (Å²) < 4.78 is 11.0. The fourth-order valence-electron chi connectivity index (χ4n) is 3.65. The summed E-state index contributed by atoms with van der Waals surface area (Å²) in [6, 6.07) is 14.4. The van der Waals surface area contributed by atoms with Gasteiger partial charge in [0.05, 0.1) is 32.0 Å². The lowest BCUT2D eigenvalue weighted by atomic mass is 9.88. The van der Waals surface area contributed by atoms with Gasteiger partial charge in [0.15, 0.2) is 0 Å². The van der Waals surface area contributed by atoms with Crippen molar-refractivity contribution in [1.29, 1.82) is 0 Å². The number of rotatable bonds is 5. The van der Waals surface area contributed by atoms with Gasteiger partial charge in [-0.15, -0.1) is 5.10 Å². The highest BCUT2D eigenvalue weighted by Crippen LogP contribution is 2.37. The number of fused-ring (bicyclic) bond motifs is 1. The number of aromatic nitrogens is 3. The third-order valence-corrected chi connectivity index (χ3v) is 4.92. The van der Waals surface area contributed by atoms with Crippen LogP contribution < -0.4 is 14.8 Å². The summed E-state index contributed by atoms with van der Waals surface area (Å²) in [5.41, 5.74) is 4.12. The molecular formula is C21H22N4O2. The molecule has 0 radical (unpaired) electrons. The Morgan fingerprint density at radius 2 is 1.78 bits per heavy atom. The molecule has 0 saturated heterocycles. The van der Waals surface area contributed by atoms with Gasteiger partial charge in [-0.05, 0) is 42.5 Å². The maximum Gasteiger partial charge on any atom is 0.243 e. The molecule has 1 aliphatic rings. The van der Waals surface area contributed by atoms with Crippen LogP contribution in [0, 0.1) is 0 Å². The second-order valence-corrected chi connectivity index (χ2v) is 6.49. The van der Waals surface area contributed by atoms with E-state index in [9.17, 15) is 0 Å². The summed E-state index contributed by atoms with van der Waals surface area (Å²) in [6.07, 6.45) is 4.93. The lowest BCUT2D eigenvalue weighted by Crippen LogP contribution is -2.19. The molecule has 0 fully saturated rings. The van der Waals surface area contributed by atoms with E-state index < -0.39 is 0 Å². The number of anilines is 1. The van der Waals surface area contributed by atoms with Gasteiger partial charge in [-0.2, -0.15) is 5.10 Å². The van der Waals surface area contributed by atoms with Crippen molar-refractivity contribution in [3.63, 3.8) is 0 Å². The zero-order valence-electron chi connectivity index (χ0n) is 15.5. The fraction of sp³-hybridized carbons (Fsp3) is 0.286. The summed E-state index contributed by atoms with van der Waals surface area (Å²) in [4.78, 5) is 4.68. The molecule has 27 heavy (non-hydrogen) atoms. The Morgan fingerprint density at radius 1 is 1.00 bits per heavy atom. The minimum atomic E-state index is 0.187. The number of hydrogen-bond donors (Lipinski definition) is 1. The predicted molar refractivity (Wildman–Crippen MR) is 104 cm³/mol. The summed E-state index contributed by atoms with van der Waals surface area (Å²) >= 11 is 0. The fourth-order valence-corrected chi connectivity index (χ4v) is 3.65. The van der Waals surface area contributed by atoms with Gasteiger partial charge in [-0.1, -0.05) is 30.3 Å². The van der Waals surface area contributed by atoms with E-state index in [0.717, 1.165) is 24.8 Å². The second kappa shape index (κ2) is 7.61. The van der Waals surface area contributed by atoms with Crippen LogP contribution >= 0.6 is 0 Å². The third-order valence-electron chi connectivity index (χ3n) is 4.92. The van der Waals surface area contributed by atoms with Crippen molar-refractivity contribution in [2.45, 2.75) is 25.3 Å². The van der Waals surface area contributed by atoms with Crippen molar-refractivity contribution in [3.05, 3.63) is 59.8 Å². The Morgan fingerprint density at radius 3 is 2.56 bits per heavy atom. The summed E-state index contributed by atoms with van der Waals surface area (Å²) in [7, 11) is 3.26. The van der Waals surface area contributed by atoms with Crippen LogP contribution in [0.4, 0.5) is 5.95 Å². The van der Waals surface area contributed by atoms with Crippen LogP contribution in [-0.4, -0.2) is 29.4 Å². The molecule has 3 aromatic rings. The molecule has 6 heteroatoms. The smallest absolute Gasteiger partial charge is 0.243 e. The minimum absolute atomic E-state index is 0.187. The normalized spacial score (nSPS) is 15.7. The molecule has 0 spiro atoms. The number of methoxy groups -OCH3 is 2. The largest absolute Gasteiger partial charge is 0.496 e. The second-order valence-electron chi connectivity index (χ2n) is 6.49. The monoisotopic (exact) mass is 362 g/mol. The van der Waals surface area contributed by atoms with E-state index in [2.05, 4.69) is 44.8 Å². The minimum Gasteiger partial charge on any atom is -0.496 e. The van der Waals surface area contributed by atoms with Gasteiger partial charge in [0, 0.05) is 0 Å². The third kappa shape index (κ3) is 3.43. The number of hydrogen-bond acceptors (Lipinski definition) is 6. The van der Waals surface area contributed by atoms with Crippen LogP contribution in [0.25, 0.3) is 11.3 Å². The van der Waals surface area contributed by atoms with Gasteiger partial charge in [-0.25, -0.2) is 4.98 Å². The number of aryl methyl sites for hydroxylation is 1. The first kappa shape index (κ1) is 17.3. The van der Waals surface area contributed by atoms with Gasteiger partial charge >= 0.3 is 0 Å². The molecule has 4 rings (SSSR count). The average Bonchev–Trinajstić information content (AvgIpc) is 2.73. The Balaban J connectivity index is 1.67. The summed E-state index contributed by atoms with van der Waals surface area (Å²) in [5, 5.41) is 11.8. The maximum absolute atomic E-state index is 5.49. The van der Waals surface area contributed by atoms with E-state index in [1.54, 1.807) is 20.4 Å². The first-order chi connectivity index (χ1) is 13.3. The Kier molecular flexibility index (Phi) is 4.87. The first-order valence-electron chi connectivity index (χ1n) is 9.05. The lowest BCUT2D eigenvalue weighted by Gasteiger charge is -2.26. The molecule has 1 N–H and O–H groups in total. The van der Waals surface area contributed by atoms with Gasteiger partial charge in [0.1, 0.15) is 17.2 Å². The maximum atomic E-state index is 5.49. The molecule has 1 aromatic heterocycles. The molecule has 1 unspecified atom stereocenters. The number of ether oxygens (including phenoxy) is 2. The lowest BCUT2D eigenvalue weighted by molar-refractivity contribution is 0.397. The first-order valence-corrected chi connectivity index (χ1v) is 9.05. The van der Waals surface area contributed by atoms with Crippen LogP contribution in [0.15, 0.2) is 48.7 Å². The van der Waals surface area contributed by atoms with E-state index in [0.29, 0.717) is 23.1 Å². The van der Waals surface area contributed by atoms with Crippen LogP contribution in [0.2, 0.25) is 0 Å². The van der Waals surface area contributed by atoms with Crippen LogP contribution in [-0.2, 0) is 6.42 Å². The SMILES string of the molecule is COc1cccc(OC)c1-c1cnnc(NC2CCCc3ccccc32)n1. The quantitative estimate of drug-likeness (QED) is 0.739. The zero-order valence-corrected chi connectivity index (χ0v) is 15.5. The molecule has 1 atom stereocenters. The molecule has 0 aliphatic heterocycles. The Hall–Kier alpha value is -3.15. The molecule has 138 valence electrons. The highest BCUT2D eigenvalue weighted by Gasteiger charge is 2.21. The van der Waals surface area contributed by atoms with E-state index in [1.165, 1.54) is 11.1 Å². The molecule has 1 aliphatic carbocycles. The molecule has 0 bridgehead atoms. The van der Waals surface area contributed by atoms with Gasteiger partial charge in [0.25, 0.3) is 0 Å². The Labute approximate surface area is 158 Å². The van der Waals surface area contributed by atoms with Crippen molar-refractivity contribution < 1.29 is 9.47 Å². The van der Waals surface area contributed by atoms with Crippen molar-refractivity contribution in [1.82, 2.24) is 15.2 Å². The standard InChI is InChI=1S/C21H22N4O2/c1-26-18-11-6-12-19(27-2)20(18)17-13-22-25-21(24-17)23-16-10-5-8-14-7-3-4-9-15(14)16/h3-4,6-7,9,11-13,16H,5,8,10H2,1-2H3,(H,23,24,25). The van der Waals surface area contributed by atoms with Gasteiger partial charge in [-0.3, -0.25) is 0 Å². The van der Waals surface area contributed by atoms with Gasteiger partial charge in [0.2, 0.25) is 5.95 Å². The molecular weight excluding hydrogens is 340 g/mol. The number of nitrogens with one attached hydrogen (secondary N) is 1. The number of nitrogens with zero attached hydrogens (tertiary/aromatic N) is 3. The molecule has 2 aromatic carbocycles. The van der Waals surface area contributed by atoms with Crippen molar-refractivity contribution in [2.24, 2.45) is 0 Å². The highest BCUT2D eigenvalue weighted by atomic mass is 16.5. The molecule has 6 nitrogen and oxygen atoms in total. The van der Waals surface area contributed by atoms with Gasteiger partial charge < -0.3 is 14.8 Å². The topological polar surface area (TPSA) is 69.2 Å². The van der Waals surface area contributed by atoms with Crippen LogP contribution in [0.1, 0.15) is 30.0 Å².